The van der Waals surface area contributed by atoms with Gasteiger partial charge in [0.1, 0.15) is 18.5 Å². The zero-order valence-electron chi connectivity index (χ0n) is 18.1. The van der Waals surface area contributed by atoms with Crippen molar-refractivity contribution in [3.8, 4) is 11.5 Å². The number of halogens is 2. The first-order valence-corrected chi connectivity index (χ1v) is 11.5. The number of carbonyl (C=O) groups excluding carboxylic acids is 3. The summed E-state index contributed by atoms with van der Waals surface area (Å²) in [6, 6.07) is 8.58. The van der Waals surface area contributed by atoms with Crippen molar-refractivity contribution in [2.24, 2.45) is 0 Å². The van der Waals surface area contributed by atoms with E-state index in [1.54, 1.807) is 30.3 Å². The van der Waals surface area contributed by atoms with Crippen molar-refractivity contribution < 1.29 is 33.0 Å². The highest BCUT2D eigenvalue weighted by Gasteiger charge is 2.41. The molecule has 7 nitrogen and oxygen atoms in total. The van der Waals surface area contributed by atoms with Crippen LogP contribution in [0.15, 0.2) is 45.8 Å². The minimum Gasteiger partial charge on any atom is -0.490 e. The third-order valence-electron chi connectivity index (χ3n) is 4.74. The minimum absolute atomic E-state index is 0.00282. The Balaban J connectivity index is 1.88. The molecule has 0 unspecified atom stereocenters. The Bertz CT molecular complexity index is 1120. The lowest BCUT2D eigenvalue weighted by molar-refractivity contribution is -0.148. The number of esters is 1. The highest BCUT2D eigenvalue weighted by molar-refractivity contribution is 9.10. The average Bonchev–Trinajstić information content (AvgIpc) is 3.07. The Kier molecular flexibility index (Phi) is 8.15. The summed E-state index contributed by atoms with van der Waals surface area (Å²) in [6.45, 7) is 3.59. The zero-order chi connectivity index (χ0) is 24.1. The summed E-state index contributed by atoms with van der Waals surface area (Å²) in [5.41, 5.74) is 0.960. The van der Waals surface area contributed by atoms with Crippen molar-refractivity contribution in [1.82, 2.24) is 4.90 Å². The fraction of sp³-hybridized carbons (Fsp3) is 0.261. The van der Waals surface area contributed by atoms with Crippen LogP contribution in [0.4, 0.5) is 9.18 Å². The summed E-state index contributed by atoms with van der Waals surface area (Å²) < 4.78 is 30.6. The molecule has 1 aliphatic heterocycles. The average molecular weight is 538 g/mol. The monoisotopic (exact) mass is 537 g/mol. The van der Waals surface area contributed by atoms with Gasteiger partial charge >= 0.3 is 5.97 Å². The summed E-state index contributed by atoms with van der Waals surface area (Å²) in [6.07, 6.45) is 1.53. The number of hydrogen-bond acceptors (Lipinski definition) is 7. The summed E-state index contributed by atoms with van der Waals surface area (Å²) in [5.74, 6) is -0.868. The number of amides is 2. The Hall–Kier alpha value is -2.85. The van der Waals surface area contributed by atoms with Gasteiger partial charge in [-0.15, -0.1) is 0 Å². The molecule has 174 valence electrons. The maximum absolute atomic E-state index is 13.9. The molecule has 0 radical (unpaired) electrons. The molecule has 0 N–H and O–H groups in total. The first kappa shape index (κ1) is 24.8. The van der Waals surface area contributed by atoms with Crippen molar-refractivity contribution in [2.45, 2.75) is 26.5 Å². The predicted molar refractivity (Wildman–Crippen MR) is 125 cm³/mol. The maximum atomic E-state index is 13.9. The van der Waals surface area contributed by atoms with Gasteiger partial charge in [0.25, 0.3) is 11.1 Å². The first-order valence-electron chi connectivity index (χ1n) is 9.94. The molecule has 1 aliphatic rings. The van der Waals surface area contributed by atoms with E-state index >= 15 is 0 Å². The van der Waals surface area contributed by atoms with Crippen molar-refractivity contribution in [2.75, 3.05) is 13.7 Å². The molecule has 0 spiro atoms. The third kappa shape index (κ3) is 5.56. The molecule has 1 fully saturated rings. The molecular formula is C23H21BrFNO6S. The topological polar surface area (TPSA) is 82.1 Å². The molecule has 0 aromatic heterocycles. The van der Waals surface area contributed by atoms with E-state index < -0.39 is 23.2 Å². The van der Waals surface area contributed by atoms with Gasteiger partial charge in [-0.2, -0.15) is 0 Å². The summed E-state index contributed by atoms with van der Waals surface area (Å²) >= 11 is 4.18. The van der Waals surface area contributed by atoms with Crippen LogP contribution >= 0.6 is 27.7 Å². The number of rotatable bonds is 8. The molecular weight excluding hydrogens is 517 g/mol. The number of carbonyl (C=O) groups is 3. The molecule has 2 amide bonds. The molecule has 3 rings (SSSR count). The summed E-state index contributed by atoms with van der Waals surface area (Å²) in [7, 11) is 1.19. The quantitative estimate of drug-likeness (QED) is 0.339. The zero-order valence-corrected chi connectivity index (χ0v) is 20.5. The number of benzene rings is 2. The molecule has 2 aromatic rings. The van der Waals surface area contributed by atoms with Crippen molar-refractivity contribution in [3.05, 3.63) is 62.7 Å². The van der Waals surface area contributed by atoms with Gasteiger partial charge in [0, 0.05) is 10.0 Å². The second-order valence-electron chi connectivity index (χ2n) is 6.88. The van der Waals surface area contributed by atoms with Crippen LogP contribution in [0, 0.1) is 5.82 Å². The van der Waals surface area contributed by atoms with E-state index in [9.17, 15) is 18.8 Å². The number of ether oxygens (including phenoxy) is 3. The van der Waals surface area contributed by atoms with Gasteiger partial charge in [0.05, 0.1) is 18.6 Å². The Morgan fingerprint density at radius 1 is 1.21 bits per heavy atom. The van der Waals surface area contributed by atoms with Crippen molar-refractivity contribution in [3.63, 3.8) is 0 Å². The van der Waals surface area contributed by atoms with E-state index in [4.69, 9.17) is 9.47 Å². The van der Waals surface area contributed by atoms with Gasteiger partial charge in [-0.3, -0.25) is 14.5 Å². The molecule has 1 atom stereocenters. The Morgan fingerprint density at radius 2 is 1.91 bits per heavy atom. The van der Waals surface area contributed by atoms with Crippen LogP contribution in [0.3, 0.4) is 0 Å². The second kappa shape index (κ2) is 10.8. The van der Waals surface area contributed by atoms with Crippen LogP contribution in [0.5, 0.6) is 11.5 Å². The van der Waals surface area contributed by atoms with Crippen molar-refractivity contribution in [1.29, 1.82) is 0 Å². The lowest BCUT2D eigenvalue weighted by Crippen LogP contribution is -2.42. The smallest absolute Gasteiger partial charge is 0.328 e. The van der Waals surface area contributed by atoms with Gasteiger partial charge < -0.3 is 14.2 Å². The lowest BCUT2D eigenvalue weighted by Gasteiger charge is -2.18. The first-order chi connectivity index (χ1) is 15.8. The lowest BCUT2D eigenvalue weighted by atomic mass is 10.1. The summed E-state index contributed by atoms with van der Waals surface area (Å²) in [4.78, 5) is 37.9. The van der Waals surface area contributed by atoms with Crippen molar-refractivity contribution >= 4 is 50.9 Å². The van der Waals surface area contributed by atoms with Crippen LogP contribution in [0.2, 0.25) is 0 Å². The van der Waals surface area contributed by atoms with Gasteiger partial charge in [-0.05, 0) is 55.4 Å². The molecule has 0 saturated carbocycles. The number of methoxy groups -OCH3 is 1. The van der Waals surface area contributed by atoms with E-state index in [1.807, 2.05) is 6.92 Å². The van der Waals surface area contributed by atoms with Crippen LogP contribution in [0.1, 0.15) is 25.0 Å². The fourth-order valence-corrected chi connectivity index (χ4v) is 4.38. The number of hydrogen-bond donors (Lipinski definition) is 0. The maximum Gasteiger partial charge on any atom is 0.328 e. The molecule has 1 saturated heterocycles. The highest BCUT2D eigenvalue weighted by atomic mass is 79.9. The molecule has 1 heterocycles. The third-order valence-corrected chi connectivity index (χ3v) is 6.31. The standard InChI is InChI=1S/C23H21BrFNO6S/c1-4-31-18-9-15(10-20-21(27)26(23(29)33-20)13(2)22(28)30-3)16(24)11-19(18)32-12-14-7-5-6-8-17(14)25/h5-11,13H,4,12H2,1-3H3/b20-10+/t13-/m0/s1. The number of thioether (sulfide) groups is 1. The molecule has 2 aromatic carbocycles. The van der Waals surface area contributed by atoms with E-state index in [-0.39, 0.29) is 17.3 Å². The van der Waals surface area contributed by atoms with Crippen LogP contribution in [0.25, 0.3) is 6.08 Å². The van der Waals surface area contributed by atoms with Crippen LogP contribution in [-0.2, 0) is 20.9 Å². The predicted octanol–water partition coefficient (Wildman–Crippen LogP) is 5.16. The largest absolute Gasteiger partial charge is 0.490 e. The Labute approximate surface area is 203 Å². The van der Waals surface area contributed by atoms with Crippen LogP contribution in [-0.4, -0.2) is 41.8 Å². The fourth-order valence-electron chi connectivity index (χ4n) is 3.04. The second-order valence-corrected chi connectivity index (χ2v) is 8.73. The molecule has 33 heavy (non-hydrogen) atoms. The highest BCUT2D eigenvalue weighted by Crippen LogP contribution is 2.39. The van der Waals surface area contributed by atoms with E-state index in [0.717, 1.165) is 16.7 Å². The number of nitrogens with zero attached hydrogens (tertiary/aromatic N) is 1. The van der Waals surface area contributed by atoms with Gasteiger partial charge in [-0.25, -0.2) is 9.18 Å². The van der Waals surface area contributed by atoms with Gasteiger partial charge in [0.15, 0.2) is 11.5 Å². The summed E-state index contributed by atoms with van der Waals surface area (Å²) in [5, 5.41) is -0.560. The van der Waals surface area contributed by atoms with E-state index in [1.165, 1.54) is 26.2 Å². The normalized spacial score (nSPS) is 15.7. The number of imide groups is 1. The molecule has 10 heteroatoms. The molecule has 0 bridgehead atoms. The minimum atomic E-state index is -1.04. The van der Waals surface area contributed by atoms with Gasteiger partial charge in [-0.1, -0.05) is 34.1 Å². The van der Waals surface area contributed by atoms with E-state index in [0.29, 0.717) is 33.7 Å². The SMILES string of the molecule is CCOc1cc(/C=C2/SC(=O)N([C@@H](C)C(=O)OC)C2=O)c(Br)cc1OCc1ccccc1F. The molecule has 0 aliphatic carbocycles. The Morgan fingerprint density at radius 3 is 2.58 bits per heavy atom. The van der Waals surface area contributed by atoms with Crippen LogP contribution < -0.4 is 9.47 Å². The van der Waals surface area contributed by atoms with E-state index in [2.05, 4.69) is 20.7 Å². The van der Waals surface area contributed by atoms with Gasteiger partial charge in [0.2, 0.25) is 0 Å².